The molecule has 2 atom stereocenters. The first kappa shape index (κ1) is 28.2. The van der Waals surface area contributed by atoms with Gasteiger partial charge in [0.25, 0.3) is 5.91 Å². The molecule has 220 valence electrons. The van der Waals surface area contributed by atoms with Crippen LogP contribution < -0.4 is 24.0 Å². The van der Waals surface area contributed by atoms with Gasteiger partial charge in [-0.1, -0.05) is 30.3 Å². The van der Waals surface area contributed by atoms with Crippen molar-refractivity contribution < 1.29 is 23.8 Å². The van der Waals surface area contributed by atoms with E-state index in [0.717, 1.165) is 22.6 Å². The Balaban J connectivity index is 1.38. The standard InChI is InChI=1S/C35H35N3O5/c1-41-27-14-8-24(9-15-27)33-32(35(40)37-22-20-36(21-23-37)25-10-16-28(42-2)17-11-25)30-6-4-5-7-31(30)34(39)38(33)26-12-18-29(43-3)19-13-26/h4-19,32-33H,20-23H2,1-3H3/t32-,33+/m1/s1. The molecule has 6 rings (SSSR count). The van der Waals surface area contributed by atoms with Crippen LogP contribution in [-0.4, -0.2) is 64.2 Å². The van der Waals surface area contributed by atoms with Crippen molar-refractivity contribution in [3.63, 3.8) is 0 Å². The normalized spacial score (nSPS) is 18.2. The second kappa shape index (κ2) is 12.1. The lowest BCUT2D eigenvalue weighted by molar-refractivity contribution is -0.133. The van der Waals surface area contributed by atoms with Crippen molar-refractivity contribution in [3.05, 3.63) is 114 Å². The predicted molar refractivity (Wildman–Crippen MR) is 167 cm³/mol. The Morgan fingerprint density at radius 1 is 0.651 bits per heavy atom. The average molecular weight is 578 g/mol. The minimum absolute atomic E-state index is 0.00802. The zero-order chi connectivity index (χ0) is 29.9. The van der Waals surface area contributed by atoms with Crippen LogP contribution in [0.25, 0.3) is 0 Å². The van der Waals surface area contributed by atoms with E-state index in [4.69, 9.17) is 14.2 Å². The van der Waals surface area contributed by atoms with Gasteiger partial charge in [0.1, 0.15) is 17.2 Å². The molecule has 2 aliphatic heterocycles. The summed E-state index contributed by atoms with van der Waals surface area (Å²) in [5.41, 5.74) is 3.94. The third kappa shape index (κ3) is 5.36. The molecule has 0 aliphatic carbocycles. The fourth-order valence-corrected chi connectivity index (χ4v) is 6.14. The molecule has 0 radical (unpaired) electrons. The Bertz CT molecular complexity index is 1580. The van der Waals surface area contributed by atoms with Gasteiger partial charge in [0.2, 0.25) is 5.91 Å². The van der Waals surface area contributed by atoms with E-state index in [2.05, 4.69) is 4.90 Å². The summed E-state index contributed by atoms with van der Waals surface area (Å²) in [6.07, 6.45) is 0. The third-order valence-corrected chi connectivity index (χ3v) is 8.44. The summed E-state index contributed by atoms with van der Waals surface area (Å²) in [6, 6.07) is 30.0. The Labute approximate surface area is 252 Å². The summed E-state index contributed by atoms with van der Waals surface area (Å²) >= 11 is 0. The summed E-state index contributed by atoms with van der Waals surface area (Å²) in [4.78, 5) is 34.8. The zero-order valence-electron chi connectivity index (χ0n) is 24.6. The van der Waals surface area contributed by atoms with E-state index in [1.807, 2.05) is 102 Å². The largest absolute Gasteiger partial charge is 0.497 e. The van der Waals surface area contributed by atoms with Crippen LogP contribution in [0.2, 0.25) is 0 Å². The average Bonchev–Trinajstić information content (AvgIpc) is 3.08. The number of hydrogen-bond acceptors (Lipinski definition) is 6. The molecule has 4 aromatic rings. The number of fused-ring (bicyclic) bond motifs is 1. The van der Waals surface area contributed by atoms with Gasteiger partial charge in [0.15, 0.2) is 0 Å². The summed E-state index contributed by atoms with van der Waals surface area (Å²) in [5, 5.41) is 0. The number of ether oxygens (including phenoxy) is 3. The molecule has 2 heterocycles. The molecule has 0 N–H and O–H groups in total. The molecule has 0 spiro atoms. The molecule has 0 unspecified atom stereocenters. The smallest absolute Gasteiger partial charge is 0.259 e. The van der Waals surface area contributed by atoms with Crippen molar-refractivity contribution in [2.75, 3.05) is 57.3 Å². The van der Waals surface area contributed by atoms with Gasteiger partial charge in [-0.05, 0) is 77.9 Å². The fourth-order valence-electron chi connectivity index (χ4n) is 6.14. The second-order valence-corrected chi connectivity index (χ2v) is 10.7. The first-order valence-corrected chi connectivity index (χ1v) is 14.4. The molecular weight excluding hydrogens is 542 g/mol. The van der Waals surface area contributed by atoms with Crippen LogP contribution in [0, 0.1) is 0 Å². The molecule has 2 amide bonds. The van der Waals surface area contributed by atoms with Gasteiger partial charge < -0.3 is 24.0 Å². The molecule has 0 saturated carbocycles. The maximum atomic E-state index is 14.6. The van der Waals surface area contributed by atoms with Gasteiger partial charge in [-0.15, -0.1) is 0 Å². The highest BCUT2D eigenvalue weighted by Gasteiger charge is 2.46. The van der Waals surface area contributed by atoms with Crippen LogP contribution in [0.1, 0.15) is 33.4 Å². The van der Waals surface area contributed by atoms with E-state index < -0.39 is 12.0 Å². The van der Waals surface area contributed by atoms with Crippen LogP contribution in [-0.2, 0) is 4.79 Å². The lowest BCUT2D eigenvalue weighted by atomic mass is 9.78. The number of carbonyl (C=O) groups is 2. The maximum Gasteiger partial charge on any atom is 0.259 e. The molecule has 8 nitrogen and oxygen atoms in total. The summed E-state index contributed by atoms with van der Waals surface area (Å²) < 4.78 is 16.1. The third-order valence-electron chi connectivity index (χ3n) is 8.44. The molecule has 43 heavy (non-hydrogen) atoms. The first-order valence-electron chi connectivity index (χ1n) is 14.4. The van der Waals surface area contributed by atoms with Crippen molar-refractivity contribution in [1.29, 1.82) is 0 Å². The number of methoxy groups -OCH3 is 3. The zero-order valence-corrected chi connectivity index (χ0v) is 24.6. The highest BCUT2D eigenvalue weighted by Crippen LogP contribution is 2.46. The minimum Gasteiger partial charge on any atom is -0.497 e. The number of amides is 2. The summed E-state index contributed by atoms with van der Waals surface area (Å²) in [6.45, 7) is 2.58. The monoisotopic (exact) mass is 577 g/mol. The van der Waals surface area contributed by atoms with E-state index in [1.54, 1.807) is 26.2 Å². The number of nitrogens with zero attached hydrogens (tertiary/aromatic N) is 3. The van der Waals surface area contributed by atoms with Crippen LogP contribution in [0.4, 0.5) is 11.4 Å². The highest BCUT2D eigenvalue weighted by molar-refractivity contribution is 6.11. The number of benzene rings is 4. The fraction of sp³-hybridized carbons (Fsp3) is 0.257. The number of rotatable bonds is 7. The molecule has 0 aromatic heterocycles. The number of anilines is 2. The Morgan fingerprint density at radius 2 is 1.16 bits per heavy atom. The van der Waals surface area contributed by atoms with E-state index >= 15 is 0 Å². The summed E-state index contributed by atoms with van der Waals surface area (Å²) in [7, 11) is 4.89. The van der Waals surface area contributed by atoms with Gasteiger partial charge in [0.05, 0.1) is 33.3 Å². The van der Waals surface area contributed by atoms with Crippen molar-refractivity contribution >= 4 is 23.2 Å². The van der Waals surface area contributed by atoms with Gasteiger partial charge >= 0.3 is 0 Å². The molecule has 0 bridgehead atoms. The Hall–Kier alpha value is -4.98. The van der Waals surface area contributed by atoms with E-state index in [0.29, 0.717) is 48.9 Å². The van der Waals surface area contributed by atoms with Crippen LogP contribution >= 0.6 is 0 Å². The second-order valence-electron chi connectivity index (χ2n) is 10.7. The molecular formula is C35H35N3O5. The maximum absolute atomic E-state index is 14.6. The molecule has 2 aliphatic rings. The van der Waals surface area contributed by atoms with Gasteiger partial charge in [-0.25, -0.2) is 0 Å². The topological polar surface area (TPSA) is 71.6 Å². The van der Waals surface area contributed by atoms with E-state index in [9.17, 15) is 9.59 Å². The van der Waals surface area contributed by atoms with Crippen molar-refractivity contribution in [2.24, 2.45) is 0 Å². The molecule has 8 heteroatoms. The van der Waals surface area contributed by atoms with Crippen molar-refractivity contribution in [2.45, 2.75) is 12.0 Å². The van der Waals surface area contributed by atoms with Gasteiger partial charge in [-0.2, -0.15) is 0 Å². The Morgan fingerprint density at radius 3 is 1.72 bits per heavy atom. The number of carbonyl (C=O) groups excluding carboxylic acids is 2. The molecule has 1 fully saturated rings. The predicted octanol–water partition coefficient (Wildman–Crippen LogP) is 5.55. The molecule has 4 aromatic carbocycles. The van der Waals surface area contributed by atoms with E-state index in [-0.39, 0.29) is 11.8 Å². The molecule has 1 saturated heterocycles. The van der Waals surface area contributed by atoms with Gasteiger partial charge in [-0.3, -0.25) is 14.5 Å². The van der Waals surface area contributed by atoms with Crippen molar-refractivity contribution in [3.8, 4) is 17.2 Å². The SMILES string of the molecule is COc1ccc([C@H]2[C@H](C(=O)N3CCN(c4ccc(OC)cc4)CC3)c3ccccc3C(=O)N2c2ccc(OC)cc2)cc1. The van der Waals surface area contributed by atoms with Crippen LogP contribution in [0.15, 0.2) is 97.1 Å². The van der Waals surface area contributed by atoms with Crippen LogP contribution in [0.5, 0.6) is 17.2 Å². The number of piperazine rings is 1. The van der Waals surface area contributed by atoms with Crippen LogP contribution in [0.3, 0.4) is 0 Å². The Kier molecular flexibility index (Phi) is 7.92. The van der Waals surface area contributed by atoms with E-state index in [1.165, 1.54) is 0 Å². The van der Waals surface area contributed by atoms with Crippen molar-refractivity contribution in [1.82, 2.24) is 4.90 Å². The lowest BCUT2D eigenvalue weighted by Gasteiger charge is -2.44. The number of hydrogen-bond donors (Lipinski definition) is 0. The summed E-state index contributed by atoms with van der Waals surface area (Å²) in [5.74, 6) is 1.48. The quantitative estimate of drug-likeness (QED) is 0.287. The first-order chi connectivity index (χ1) is 21.0. The highest BCUT2D eigenvalue weighted by atomic mass is 16.5. The lowest BCUT2D eigenvalue weighted by Crippen LogP contribution is -2.53. The minimum atomic E-state index is -0.600. The van der Waals surface area contributed by atoms with Gasteiger partial charge in [0, 0.05) is 43.1 Å².